The van der Waals surface area contributed by atoms with E-state index in [0.29, 0.717) is 62.6 Å². The minimum absolute atomic E-state index is 0.0727. The Hall–Kier alpha value is -4.95. The highest BCUT2D eigenvalue weighted by molar-refractivity contribution is 5.88. The van der Waals surface area contributed by atoms with Gasteiger partial charge in [0, 0.05) is 62.7 Å². The summed E-state index contributed by atoms with van der Waals surface area (Å²) in [5, 5.41) is 21.2. The molecule has 14 nitrogen and oxygen atoms in total. The lowest BCUT2D eigenvalue weighted by molar-refractivity contribution is -0.135. The van der Waals surface area contributed by atoms with E-state index in [-0.39, 0.29) is 23.4 Å². The lowest BCUT2D eigenvalue weighted by Gasteiger charge is -2.43. The summed E-state index contributed by atoms with van der Waals surface area (Å²) < 4.78 is 6.14. The van der Waals surface area contributed by atoms with E-state index in [1.165, 1.54) is 4.57 Å². The maximum Gasteiger partial charge on any atom is 0.507 e. The van der Waals surface area contributed by atoms with E-state index in [2.05, 4.69) is 32.4 Å². The first kappa shape index (κ1) is 35.5. The molecule has 0 saturated carbocycles. The number of ether oxygens (including phenoxy) is 1. The quantitative estimate of drug-likeness (QED) is 0.233. The van der Waals surface area contributed by atoms with Gasteiger partial charge in [-0.15, -0.1) is 0 Å². The fourth-order valence-corrected chi connectivity index (χ4v) is 8.28. The topological polar surface area (TPSA) is 156 Å². The van der Waals surface area contributed by atoms with Crippen LogP contribution in [0.5, 0.6) is 0 Å². The van der Waals surface area contributed by atoms with Crippen LogP contribution in [0.3, 0.4) is 0 Å². The number of H-pyrrole nitrogens is 1. The largest absolute Gasteiger partial charge is 0.507 e. The van der Waals surface area contributed by atoms with Gasteiger partial charge in [-0.3, -0.25) is 24.2 Å². The first-order valence-electron chi connectivity index (χ1n) is 18.3. The third-order valence-electron chi connectivity index (χ3n) is 11.2. The summed E-state index contributed by atoms with van der Waals surface area (Å²) in [7, 11) is 2.17. The number of piperidine rings is 2. The number of para-hydroxylation sites is 1. The molecule has 3 N–H and O–H groups in total. The highest BCUT2D eigenvalue weighted by Crippen LogP contribution is 2.29. The molecule has 5 heterocycles. The van der Waals surface area contributed by atoms with Crippen LogP contribution in [0, 0.1) is 6.92 Å². The van der Waals surface area contributed by atoms with E-state index >= 15 is 0 Å². The van der Waals surface area contributed by atoms with Crippen LogP contribution in [0.15, 0.2) is 53.5 Å². The smallest absolute Gasteiger partial charge is 0.450 e. The van der Waals surface area contributed by atoms with Crippen LogP contribution in [0.4, 0.5) is 9.59 Å². The number of likely N-dealkylation sites (tertiary alicyclic amines) is 2. The van der Waals surface area contributed by atoms with Gasteiger partial charge in [0.1, 0.15) is 6.04 Å². The molecule has 0 aliphatic carbocycles. The number of nitrogens with zero attached hydrogens (tertiary/aromatic N) is 6. The van der Waals surface area contributed by atoms with Gasteiger partial charge < -0.3 is 29.9 Å². The molecule has 14 heteroatoms. The van der Waals surface area contributed by atoms with E-state index < -0.39 is 18.9 Å². The number of carbonyl (C=O) groups excluding carboxylic acids is 2. The standard InChI is InChI=1S/C38H48N8O6/c1-25-19-26(20-29-23-39-41-34(25)29)21-32(36(48)44-17-15-43(16-18-44)30-9-11-42(2)12-10-30)40-37(49)45-13-7-27(8-14-45)31-22-28-5-3-4-6-33(28)46(35(31)47)24-52-38(50)51/h3-6,19-20,22-23,27,30,32H,7-18,21,24H2,1-2H3,(H,39,41)(H,40,49)(H,50,51). The van der Waals surface area contributed by atoms with Crippen molar-refractivity contribution in [2.75, 3.05) is 59.4 Å². The number of aryl methyl sites for hydroxylation is 1. The molecule has 1 atom stereocenters. The zero-order valence-corrected chi connectivity index (χ0v) is 29.9. The van der Waals surface area contributed by atoms with Crippen molar-refractivity contribution >= 4 is 39.9 Å². The highest BCUT2D eigenvalue weighted by Gasteiger charge is 2.34. The molecule has 3 amide bonds. The lowest BCUT2D eigenvalue weighted by atomic mass is 9.89. The predicted molar refractivity (Wildman–Crippen MR) is 196 cm³/mol. The number of rotatable bonds is 8. The number of hydrogen-bond acceptors (Lipinski definition) is 8. The summed E-state index contributed by atoms with van der Waals surface area (Å²) in [6, 6.07) is 12.8. The van der Waals surface area contributed by atoms with Crippen molar-refractivity contribution in [3.8, 4) is 0 Å². The van der Waals surface area contributed by atoms with Crippen LogP contribution < -0.4 is 10.9 Å². The minimum atomic E-state index is -1.45. The number of nitrogens with one attached hydrogen (secondary N) is 2. The zero-order valence-electron chi connectivity index (χ0n) is 29.9. The normalized spacial score (nSPS) is 18.9. The number of urea groups is 1. The fourth-order valence-electron chi connectivity index (χ4n) is 8.28. The summed E-state index contributed by atoms with van der Waals surface area (Å²) in [4.78, 5) is 61.4. The summed E-state index contributed by atoms with van der Waals surface area (Å²) in [6.07, 6.45) is 4.07. The Balaban J connectivity index is 1.04. The summed E-state index contributed by atoms with van der Waals surface area (Å²) in [5.74, 6) is -0.198. The van der Waals surface area contributed by atoms with Gasteiger partial charge in [-0.2, -0.15) is 5.10 Å². The van der Waals surface area contributed by atoms with Gasteiger partial charge in [-0.1, -0.05) is 24.3 Å². The van der Waals surface area contributed by atoms with E-state index in [1.54, 1.807) is 23.2 Å². The van der Waals surface area contributed by atoms with Crippen molar-refractivity contribution in [2.45, 2.75) is 63.8 Å². The molecule has 2 aromatic heterocycles. The Morgan fingerprint density at radius 2 is 1.67 bits per heavy atom. The van der Waals surface area contributed by atoms with Gasteiger partial charge in [-0.25, -0.2) is 9.59 Å². The predicted octanol–water partition coefficient (Wildman–Crippen LogP) is 3.58. The van der Waals surface area contributed by atoms with Crippen molar-refractivity contribution in [1.29, 1.82) is 0 Å². The molecule has 3 aliphatic heterocycles. The monoisotopic (exact) mass is 712 g/mol. The Morgan fingerprint density at radius 1 is 0.942 bits per heavy atom. The first-order valence-corrected chi connectivity index (χ1v) is 18.3. The number of hydrogen-bond donors (Lipinski definition) is 3. The molecule has 4 aromatic rings. The van der Waals surface area contributed by atoms with Gasteiger partial charge in [-0.05, 0) is 93.4 Å². The number of pyridine rings is 1. The number of aromatic nitrogens is 3. The number of carboxylic acid groups (broad SMARTS) is 1. The van der Waals surface area contributed by atoms with Crippen LogP contribution in [0.2, 0.25) is 0 Å². The average Bonchev–Trinajstić information content (AvgIpc) is 3.64. The fraction of sp³-hybridized carbons (Fsp3) is 0.500. The van der Waals surface area contributed by atoms with Crippen LogP contribution in [0.1, 0.15) is 48.3 Å². The Bertz CT molecular complexity index is 1990. The molecule has 3 saturated heterocycles. The SMILES string of the molecule is Cc1cc(CC(NC(=O)N2CCC(c3cc4ccccc4n(COC(=O)O)c3=O)CC2)C(=O)N2CCN(C3CCN(C)CC3)CC2)cc2cn[nH]c12. The lowest BCUT2D eigenvalue weighted by Crippen LogP contribution is -2.59. The number of amides is 3. The number of carbonyl (C=O) groups is 3. The molecule has 7 rings (SSSR count). The molecule has 2 aromatic carbocycles. The number of fused-ring (bicyclic) bond motifs is 2. The molecule has 1 unspecified atom stereocenters. The van der Waals surface area contributed by atoms with E-state index in [1.807, 2.05) is 42.2 Å². The second kappa shape index (κ2) is 15.3. The van der Waals surface area contributed by atoms with Crippen molar-refractivity contribution < 1.29 is 24.2 Å². The first-order chi connectivity index (χ1) is 25.1. The van der Waals surface area contributed by atoms with Crippen LogP contribution >= 0.6 is 0 Å². The molecule has 3 fully saturated rings. The van der Waals surface area contributed by atoms with Crippen molar-refractivity contribution in [3.63, 3.8) is 0 Å². The number of benzene rings is 2. The molecule has 3 aliphatic rings. The van der Waals surface area contributed by atoms with E-state index in [0.717, 1.165) is 66.4 Å². The van der Waals surface area contributed by atoms with Crippen molar-refractivity contribution in [3.05, 3.63) is 75.7 Å². The van der Waals surface area contributed by atoms with Crippen molar-refractivity contribution in [1.82, 2.24) is 39.7 Å². The second-order valence-electron chi connectivity index (χ2n) is 14.5. The Morgan fingerprint density at radius 3 is 2.40 bits per heavy atom. The third kappa shape index (κ3) is 7.63. The summed E-state index contributed by atoms with van der Waals surface area (Å²) >= 11 is 0. The van der Waals surface area contributed by atoms with Crippen LogP contribution in [-0.2, 0) is 22.7 Å². The average molecular weight is 713 g/mol. The zero-order chi connectivity index (χ0) is 36.4. The molecule has 52 heavy (non-hydrogen) atoms. The Labute approximate surface area is 302 Å². The summed E-state index contributed by atoms with van der Waals surface area (Å²) in [5.41, 5.74) is 3.80. The maximum atomic E-state index is 14.2. The van der Waals surface area contributed by atoms with Crippen molar-refractivity contribution in [2.24, 2.45) is 0 Å². The van der Waals surface area contributed by atoms with Crippen LogP contribution in [-0.4, -0.2) is 129 Å². The number of aromatic amines is 1. The van der Waals surface area contributed by atoms with Gasteiger partial charge in [0.05, 0.1) is 17.2 Å². The molecule has 276 valence electrons. The molecule has 0 radical (unpaired) electrons. The Kier molecular flexibility index (Phi) is 10.5. The van der Waals surface area contributed by atoms with Gasteiger partial charge in [0.15, 0.2) is 6.73 Å². The highest BCUT2D eigenvalue weighted by atomic mass is 16.7. The number of piperazine rings is 1. The van der Waals surface area contributed by atoms with E-state index in [4.69, 9.17) is 9.84 Å². The van der Waals surface area contributed by atoms with Gasteiger partial charge >= 0.3 is 12.2 Å². The second-order valence-corrected chi connectivity index (χ2v) is 14.5. The maximum absolute atomic E-state index is 14.2. The van der Waals surface area contributed by atoms with Crippen LogP contribution in [0.25, 0.3) is 21.8 Å². The van der Waals surface area contributed by atoms with Gasteiger partial charge in [0.2, 0.25) is 5.91 Å². The molecular weight excluding hydrogens is 664 g/mol. The molecule has 0 bridgehead atoms. The van der Waals surface area contributed by atoms with E-state index in [9.17, 15) is 19.2 Å². The molecular formula is C38H48N8O6. The van der Waals surface area contributed by atoms with Gasteiger partial charge in [0.25, 0.3) is 5.56 Å². The molecule has 0 spiro atoms. The minimum Gasteiger partial charge on any atom is -0.450 e. The summed E-state index contributed by atoms with van der Waals surface area (Å²) in [6.45, 7) is 7.52. The third-order valence-corrected chi connectivity index (χ3v) is 11.2.